The molecule has 6 nitrogen and oxygen atoms in total. The minimum atomic E-state index is -0.123. The van der Waals surface area contributed by atoms with Crippen LogP contribution in [0, 0.1) is 0 Å². The van der Waals surface area contributed by atoms with Crippen LogP contribution in [0.3, 0.4) is 0 Å². The summed E-state index contributed by atoms with van der Waals surface area (Å²) in [7, 11) is 3.27. The molecule has 21 heavy (non-hydrogen) atoms. The van der Waals surface area contributed by atoms with E-state index in [4.69, 9.17) is 4.74 Å². The van der Waals surface area contributed by atoms with Gasteiger partial charge in [0.2, 0.25) is 5.88 Å². The predicted molar refractivity (Wildman–Crippen MR) is 77.1 cm³/mol. The van der Waals surface area contributed by atoms with Crippen LogP contribution in [-0.4, -0.2) is 40.1 Å². The molecule has 0 aromatic carbocycles. The third-order valence-electron chi connectivity index (χ3n) is 3.60. The Labute approximate surface area is 123 Å². The van der Waals surface area contributed by atoms with Crippen molar-refractivity contribution in [1.82, 2.24) is 20.1 Å². The molecule has 0 saturated heterocycles. The number of nitrogens with one attached hydrogen (secondary N) is 1. The number of amides is 1. The summed E-state index contributed by atoms with van der Waals surface area (Å²) < 4.78 is 5.13. The average Bonchev–Trinajstić information content (AvgIpc) is 3.26. The lowest BCUT2D eigenvalue weighted by molar-refractivity contribution is 0.0779. The van der Waals surface area contributed by atoms with Gasteiger partial charge in [-0.05, 0) is 31.0 Å². The quantitative estimate of drug-likeness (QED) is 0.912. The van der Waals surface area contributed by atoms with Crippen LogP contribution in [0.2, 0.25) is 0 Å². The summed E-state index contributed by atoms with van der Waals surface area (Å²) in [6, 6.07) is 5.49. The molecular formula is C15H18N4O2. The molecular weight excluding hydrogens is 268 g/mol. The van der Waals surface area contributed by atoms with E-state index in [9.17, 15) is 4.79 Å². The lowest BCUT2D eigenvalue weighted by atomic mass is 10.2. The van der Waals surface area contributed by atoms with Gasteiger partial charge in [-0.3, -0.25) is 9.89 Å². The first-order valence-electron chi connectivity index (χ1n) is 6.97. The summed E-state index contributed by atoms with van der Waals surface area (Å²) in [5.41, 5.74) is 2.50. The first kappa shape index (κ1) is 13.6. The van der Waals surface area contributed by atoms with E-state index in [2.05, 4.69) is 15.2 Å². The fourth-order valence-electron chi connectivity index (χ4n) is 2.30. The Morgan fingerprint density at radius 1 is 1.52 bits per heavy atom. The Balaban J connectivity index is 1.71. The zero-order valence-corrected chi connectivity index (χ0v) is 12.2. The Morgan fingerprint density at radius 3 is 3.05 bits per heavy atom. The molecule has 110 valence electrons. The molecule has 0 bridgehead atoms. The van der Waals surface area contributed by atoms with Gasteiger partial charge in [-0.25, -0.2) is 4.98 Å². The molecule has 2 aromatic rings. The van der Waals surface area contributed by atoms with E-state index >= 15 is 0 Å². The van der Waals surface area contributed by atoms with Crippen molar-refractivity contribution in [2.45, 2.75) is 25.3 Å². The van der Waals surface area contributed by atoms with Crippen molar-refractivity contribution < 1.29 is 9.53 Å². The fraction of sp³-hybridized carbons (Fsp3) is 0.400. The lowest BCUT2D eigenvalue weighted by Gasteiger charge is -2.17. The van der Waals surface area contributed by atoms with Crippen LogP contribution < -0.4 is 4.74 Å². The van der Waals surface area contributed by atoms with Crippen molar-refractivity contribution in [1.29, 1.82) is 0 Å². The number of H-pyrrole nitrogens is 1. The molecule has 0 radical (unpaired) electrons. The second-order valence-electron chi connectivity index (χ2n) is 5.31. The van der Waals surface area contributed by atoms with Gasteiger partial charge in [0.25, 0.3) is 5.91 Å². The highest BCUT2D eigenvalue weighted by Crippen LogP contribution is 2.39. The summed E-state index contributed by atoms with van der Waals surface area (Å²) in [5, 5.41) is 7.30. The number of aromatic amines is 1. The van der Waals surface area contributed by atoms with E-state index in [-0.39, 0.29) is 5.91 Å². The lowest BCUT2D eigenvalue weighted by Crippen LogP contribution is -2.27. The zero-order chi connectivity index (χ0) is 14.8. The minimum Gasteiger partial charge on any atom is -0.480 e. The van der Waals surface area contributed by atoms with Crippen LogP contribution in [0.25, 0.3) is 0 Å². The van der Waals surface area contributed by atoms with Gasteiger partial charge in [-0.15, -0.1) is 0 Å². The summed E-state index contributed by atoms with van der Waals surface area (Å²) in [5.74, 6) is 0.828. The molecule has 0 spiro atoms. The molecule has 2 aromatic heterocycles. The number of carbonyl (C=O) groups is 1. The number of hydrogen-bond acceptors (Lipinski definition) is 4. The predicted octanol–water partition coefficient (Wildman–Crippen LogP) is 1.96. The van der Waals surface area contributed by atoms with Gasteiger partial charge in [0, 0.05) is 19.2 Å². The molecule has 1 N–H and O–H groups in total. The number of pyridine rings is 1. The monoisotopic (exact) mass is 286 g/mol. The van der Waals surface area contributed by atoms with E-state index in [1.54, 1.807) is 30.3 Å². The Hall–Kier alpha value is -2.37. The van der Waals surface area contributed by atoms with Crippen LogP contribution in [0.15, 0.2) is 24.4 Å². The maximum Gasteiger partial charge on any atom is 0.259 e. The first-order chi connectivity index (χ1) is 10.2. The van der Waals surface area contributed by atoms with Gasteiger partial charge in [-0.2, -0.15) is 5.10 Å². The molecule has 0 atom stereocenters. The van der Waals surface area contributed by atoms with E-state index in [0.29, 0.717) is 23.9 Å². The van der Waals surface area contributed by atoms with Gasteiger partial charge in [0.05, 0.1) is 25.0 Å². The maximum absolute atomic E-state index is 12.5. The molecule has 2 heterocycles. The Kier molecular flexibility index (Phi) is 3.60. The largest absolute Gasteiger partial charge is 0.480 e. The normalized spacial score (nSPS) is 14.0. The number of nitrogens with zero attached hydrogens (tertiary/aromatic N) is 3. The Morgan fingerprint density at radius 2 is 2.33 bits per heavy atom. The van der Waals surface area contributed by atoms with Crippen LogP contribution in [0.1, 0.15) is 40.5 Å². The highest BCUT2D eigenvalue weighted by atomic mass is 16.5. The van der Waals surface area contributed by atoms with E-state index < -0.39 is 0 Å². The molecule has 0 aliphatic heterocycles. The van der Waals surface area contributed by atoms with Gasteiger partial charge < -0.3 is 9.64 Å². The summed E-state index contributed by atoms with van der Waals surface area (Å²) in [6.07, 6.45) is 4.03. The summed E-state index contributed by atoms with van der Waals surface area (Å²) in [4.78, 5) is 18.1. The van der Waals surface area contributed by atoms with Crippen molar-refractivity contribution in [2.75, 3.05) is 14.2 Å². The fourth-order valence-corrected chi connectivity index (χ4v) is 2.30. The van der Waals surface area contributed by atoms with E-state index in [1.807, 2.05) is 6.07 Å². The number of carbonyl (C=O) groups excluding carboxylic acids is 1. The van der Waals surface area contributed by atoms with Gasteiger partial charge in [-0.1, -0.05) is 0 Å². The number of hydrogen-bond donors (Lipinski definition) is 1. The topological polar surface area (TPSA) is 71.1 Å². The third kappa shape index (κ3) is 2.89. The number of ether oxygens (including phenoxy) is 1. The maximum atomic E-state index is 12.5. The molecule has 0 unspecified atom stereocenters. The molecule has 1 saturated carbocycles. The van der Waals surface area contributed by atoms with Crippen molar-refractivity contribution in [2.24, 2.45) is 0 Å². The van der Waals surface area contributed by atoms with Crippen molar-refractivity contribution in [3.05, 3.63) is 41.3 Å². The van der Waals surface area contributed by atoms with Crippen molar-refractivity contribution >= 4 is 5.91 Å². The molecule has 1 aliphatic rings. The number of methoxy groups -OCH3 is 1. The van der Waals surface area contributed by atoms with E-state index in [0.717, 1.165) is 11.4 Å². The highest BCUT2D eigenvalue weighted by molar-refractivity contribution is 5.96. The standard InChI is InChI=1S/C15H18N4O2/c1-19(9-11-8-13(18-17-11)10-5-6-10)15(20)12-4-3-7-16-14(12)21-2/h3-4,7-8,10H,5-6,9H2,1-2H3,(H,17,18). The molecule has 1 fully saturated rings. The smallest absolute Gasteiger partial charge is 0.259 e. The Bertz CT molecular complexity index is 649. The third-order valence-corrected chi connectivity index (χ3v) is 3.60. The second kappa shape index (κ2) is 5.55. The molecule has 6 heteroatoms. The highest BCUT2D eigenvalue weighted by Gasteiger charge is 2.26. The summed E-state index contributed by atoms with van der Waals surface area (Å²) >= 11 is 0. The SMILES string of the molecule is COc1ncccc1C(=O)N(C)Cc1cc(C2CC2)n[nH]1. The average molecular weight is 286 g/mol. The van der Waals surface area contributed by atoms with Gasteiger partial charge in [0.1, 0.15) is 5.56 Å². The number of aromatic nitrogens is 3. The van der Waals surface area contributed by atoms with Gasteiger partial charge in [0.15, 0.2) is 0 Å². The first-order valence-corrected chi connectivity index (χ1v) is 6.97. The van der Waals surface area contributed by atoms with Gasteiger partial charge >= 0.3 is 0 Å². The van der Waals surface area contributed by atoms with Crippen molar-refractivity contribution in [3.63, 3.8) is 0 Å². The number of rotatable bonds is 5. The summed E-state index contributed by atoms with van der Waals surface area (Å²) in [6.45, 7) is 0.483. The molecule has 1 amide bonds. The van der Waals surface area contributed by atoms with Crippen molar-refractivity contribution in [3.8, 4) is 5.88 Å². The minimum absolute atomic E-state index is 0.123. The second-order valence-corrected chi connectivity index (χ2v) is 5.31. The van der Waals surface area contributed by atoms with Crippen LogP contribution >= 0.6 is 0 Å². The van der Waals surface area contributed by atoms with Crippen LogP contribution in [0.4, 0.5) is 0 Å². The van der Waals surface area contributed by atoms with E-state index in [1.165, 1.54) is 20.0 Å². The van der Waals surface area contributed by atoms with Crippen LogP contribution in [-0.2, 0) is 6.54 Å². The molecule has 3 rings (SSSR count). The van der Waals surface area contributed by atoms with Crippen LogP contribution in [0.5, 0.6) is 5.88 Å². The zero-order valence-electron chi connectivity index (χ0n) is 12.2. The molecule has 1 aliphatic carbocycles.